The first-order chi connectivity index (χ1) is 7.68. The highest BCUT2D eigenvalue weighted by Gasteiger charge is 2.25. The minimum Gasteiger partial charge on any atom is -0.307 e. The number of hydrogen-bond acceptors (Lipinski definition) is 1. The lowest BCUT2D eigenvalue weighted by molar-refractivity contribution is 0.252. The molecule has 88 valence electrons. The maximum Gasteiger partial charge on any atom is 0.123 e. The van der Waals surface area contributed by atoms with Crippen LogP contribution in [0.2, 0.25) is 0 Å². The predicted molar refractivity (Wildman–Crippen MR) is 64.7 cm³/mol. The van der Waals surface area contributed by atoms with Gasteiger partial charge in [-0.25, -0.2) is 4.39 Å². The zero-order chi connectivity index (χ0) is 11.4. The number of nitrogens with one attached hydrogen (secondary N) is 1. The standard InChI is InChI=1S/C14H20FN/c1-14(8-3-2-4-9-14)16-11-12-6-5-7-13(15)10-12/h5-7,10,16H,2-4,8-9,11H2,1H3. The van der Waals surface area contributed by atoms with Crippen LogP contribution in [0, 0.1) is 5.82 Å². The molecule has 1 fully saturated rings. The Morgan fingerprint density at radius 1 is 1.25 bits per heavy atom. The molecular weight excluding hydrogens is 201 g/mol. The van der Waals surface area contributed by atoms with Gasteiger partial charge in [-0.15, -0.1) is 0 Å². The molecule has 0 unspecified atom stereocenters. The van der Waals surface area contributed by atoms with Gasteiger partial charge in [-0.3, -0.25) is 0 Å². The maximum absolute atomic E-state index is 13.0. The summed E-state index contributed by atoms with van der Waals surface area (Å²) >= 11 is 0. The summed E-state index contributed by atoms with van der Waals surface area (Å²) in [5.74, 6) is -0.145. The molecule has 16 heavy (non-hydrogen) atoms. The topological polar surface area (TPSA) is 12.0 Å². The summed E-state index contributed by atoms with van der Waals surface area (Å²) in [5.41, 5.74) is 1.29. The quantitative estimate of drug-likeness (QED) is 0.821. The van der Waals surface area contributed by atoms with Crippen molar-refractivity contribution in [2.24, 2.45) is 0 Å². The summed E-state index contributed by atoms with van der Waals surface area (Å²) < 4.78 is 13.0. The van der Waals surface area contributed by atoms with Gasteiger partial charge in [-0.1, -0.05) is 31.4 Å². The van der Waals surface area contributed by atoms with Crippen LogP contribution < -0.4 is 5.32 Å². The Morgan fingerprint density at radius 3 is 2.69 bits per heavy atom. The van der Waals surface area contributed by atoms with Crippen molar-refractivity contribution in [3.05, 3.63) is 35.6 Å². The molecule has 2 rings (SSSR count). The fraction of sp³-hybridized carbons (Fsp3) is 0.571. The van der Waals surface area contributed by atoms with Gasteiger partial charge in [0.15, 0.2) is 0 Å². The highest BCUT2D eigenvalue weighted by molar-refractivity contribution is 5.16. The van der Waals surface area contributed by atoms with Gasteiger partial charge in [0.25, 0.3) is 0 Å². The minimum atomic E-state index is -0.145. The maximum atomic E-state index is 13.0. The molecule has 1 aromatic rings. The van der Waals surface area contributed by atoms with Gasteiger partial charge in [-0.05, 0) is 37.5 Å². The second-order valence-electron chi connectivity index (χ2n) is 5.10. The smallest absolute Gasteiger partial charge is 0.123 e. The second-order valence-corrected chi connectivity index (χ2v) is 5.10. The molecule has 0 aliphatic heterocycles. The van der Waals surface area contributed by atoms with E-state index in [1.807, 2.05) is 6.07 Å². The number of hydrogen-bond donors (Lipinski definition) is 1. The van der Waals surface area contributed by atoms with Crippen LogP contribution in [-0.2, 0) is 6.54 Å². The van der Waals surface area contributed by atoms with Crippen molar-refractivity contribution < 1.29 is 4.39 Å². The SMILES string of the molecule is CC1(NCc2cccc(F)c2)CCCCC1. The van der Waals surface area contributed by atoms with Crippen LogP contribution >= 0.6 is 0 Å². The molecule has 1 aliphatic rings. The Balaban J connectivity index is 1.91. The van der Waals surface area contributed by atoms with E-state index < -0.39 is 0 Å². The van der Waals surface area contributed by atoms with Gasteiger partial charge < -0.3 is 5.32 Å². The van der Waals surface area contributed by atoms with Crippen molar-refractivity contribution in [1.82, 2.24) is 5.32 Å². The van der Waals surface area contributed by atoms with Crippen LogP contribution in [0.4, 0.5) is 4.39 Å². The molecule has 0 radical (unpaired) electrons. The summed E-state index contributed by atoms with van der Waals surface area (Å²) in [7, 11) is 0. The van der Waals surface area contributed by atoms with E-state index in [4.69, 9.17) is 0 Å². The monoisotopic (exact) mass is 221 g/mol. The summed E-state index contributed by atoms with van der Waals surface area (Å²) in [6.07, 6.45) is 6.46. The van der Waals surface area contributed by atoms with Gasteiger partial charge in [-0.2, -0.15) is 0 Å². The molecule has 2 heteroatoms. The molecule has 0 atom stereocenters. The Kier molecular flexibility index (Phi) is 3.59. The minimum absolute atomic E-state index is 0.145. The summed E-state index contributed by atoms with van der Waals surface area (Å²) in [5, 5.41) is 3.57. The van der Waals surface area contributed by atoms with E-state index >= 15 is 0 Å². The third-order valence-electron chi connectivity index (χ3n) is 3.57. The fourth-order valence-corrected chi connectivity index (χ4v) is 2.47. The van der Waals surface area contributed by atoms with Gasteiger partial charge in [0.2, 0.25) is 0 Å². The normalized spacial score (nSPS) is 19.6. The molecule has 0 amide bonds. The van der Waals surface area contributed by atoms with Crippen LogP contribution in [0.5, 0.6) is 0 Å². The Morgan fingerprint density at radius 2 is 2.00 bits per heavy atom. The second kappa shape index (κ2) is 4.96. The number of halogens is 1. The lowest BCUT2D eigenvalue weighted by Crippen LogP contribution is -2.43. The molecule has 1 nitrogen and oxygen atoms in total. The van der Waals surface area contributed by atoms with Crippen LogP contribution in [0.1, 0.15) is 44.6 Å². The van der Waals surface area contributed by atoms with Gasteiger partial charge in [0.1, 0.15) is 5.82 Å². The van der Waals surface area contributed by atoms with Crippen LogP contribution in [0.15, 0.2) is 24.3 Å². The van der Waals surface area contributed by atoms with Crippen molar-refractivity contribution >= 4 is 0 Å². The van der Waals surface area contributed by atoms with E-state index in [2.05, 4.69) is 12.2 Å². The third kappa shape index (κ3) is 3.05. The zero-order valence-electron chi connectivity index (χ0n) is 9.93. The first kappa shape index (κ1) is 11.6. The predicted octanol–water partition coefficient (Wildman–Crippen LogP) is 3.64. The number of rotatable bonds is 3. The molecule has 0 bridgehead atoms. The molecule has 0 saturated heterocycles. The first-order valence-corrected chi connectivity index (χ1v) is 6.17. The average Bonchev–Trinajstić information content (AvgIpc) is 2.28. The molecule has 0 spiro atoms. The van der Waals surface area contributed by atoms with Crippen molar-refractivity contribution in [2.45, 2.75) is 51.1 Å². The molecular formula is C14H20FN. The molecule has 0 aromatic heterocycles. The molecule has 1 aromatic carbocycles. The van der Waals surface area contributed by atoms with Gasteiger partial charge in [0, 0.05) is 12.1 Å². The van der Waals surface area contributed by atoms with Crippen LogP contribution in [0.3, 0.4) is 0 Å². The van der Waals surface area contributed by atoms with Crippen molar-refractivity contribution in [2.75, 3.05) is 0 Å². The van der Waals surface area contributed by atoms with E-state index in [0.29, 0.717) is 0 Å². The van der Waals surface area contributed by atoms with Crippen LogP contribution in [-0.4, -0.2) is 5.54 Å². The van der Waals surface area contributed by atoms with E-state index in [9.17, 15) is 4.39 Å². The highest BCUT2D eigenvalue weighted by Crippen LogP contribution is 2.27. The third-order valence-corrected chi connectivity index (χ3v) is 3.57. The van der Waals surface area contributed by atoms with E-state index in [1.165, 1.54) is 38.2 Å². The lowest BCUT2D eigenvalue weighted by Gasteiger charge is -2.34. The van der Waals surface area contributed by atoms with E-state index in [0.717, 1.165) is 12.1 Å². The van der Waals surface area contributed by atoms with Crippen LogP contribution in [0.25, 0.3) is 0 Å². The summed E-state index contributed by atoms with van der Waals surface area (Å²) in [6, 6.07) is 6.85. The van der Waals surface area contributed by atoms with E-state index in [-0.39, 0.29) is 11.4 Å². The average molecular weight is 221 g/mol. The van der Waals surface area contributed by atoms with Gasteiger partial charge in [0.05, 0.1) is 0 Å². The van der Waals surface area contributed by atoms with Crippen molar-refractivity contribution in [3.8, 4) is 0 Å². The zero-order valence-corrected chi connectivity index (χ0v) is 9.93. The molecule has 1 saturated carbocycles. The Hall–Kier alpha value is -0.890. The molecule has 1 aliphatic carbocycles. The van der Waals surface area contributed by atoms with E-state index in [1.54, 1.807) is 12.1 Å². The van der Waals surface area contributed by atoms with Crippen molar-refractivity contribution in [1.29, 1.82) is 0 Å². The van der Waals surface area contributed by atoms with Gasteiger partial charge >= 0.3 is 0 Å². The fourth-order valence-electron chi connectivity index (χ4n) is 2.47. The molecule has 1 N–H and O–H groups in total. The summed E-state index contributed by atoms with van der Waals surface area (Å²) in [6.45, 7) is 3.06. The highest BCUT2D eigenvalue weighted by atomic mass is 19.1. The lowest BCUT2D eigenvalue weighted by atomic mass is 9.83. The van der Waals surface area contributed by atoms with Crippen molar-refractivity contribution in [3.63, 3.8) is 0 Å². The summed E-state index contributed by atoms with van der Waals surface area (Å²) in [4.78, 5) is 0. The Labute approximate surface area is 97.1 Å². The Bertz CT molecular complexity index is 342. The number of benzene rings is 1. The molecule has 0 heterocycles. The largest absolute Gasteiger partial charge is 0.307 e. The first-order valence-electron chi connectivity index (χ1n) is 6.17.